The number of rotatable bonds is 8. The minimum Gasteiger partial charge on any atom is -0.444 e. The van der Waals surface area contributed by atoms with E-state index < -0.39 is 6.09 Å². The molecule has 1 aliphatic carbocycles. The van der Waals surface area contributed by atoms with Gasteiger partial charge in [0.25, 0.3) is 5.91 Å². The number of ether oxygens (including phenoxy) is 3. The number of carbonyl (C=O) groups excluding carboxylic acids is 2. The number of hydrogen-bond donors (Lipinski definition) is 3. The lowest BCUT2D eigenvalue weighted by molar-refractivity contribution is 0.0676. The molecule has 2 fully saturated rings. The SMILES string of the molecule is COCc1cc(C(=O)Nc2cc(C3CC(OC(=O)N[C@H](C)C4CC4)CO3)[nH]n2)n(C)n1. The Bertz CT molecular complexity index is 936. The Hall–Kier alpha value is -2.92. The molecule has 4 rings (SSSR count). The van der Waals surface area contributed by atoms with Gasteiger partial charge in [-0.25, -0.2) is 4.79 Å². The number of H-pyrrole nitrogens is 1. The molecule has 11 nitrogen and oxygen atoms in total. The molecule has 2 amide bonds. The maximum absolute atomic E-state index is 12.5. The number of nitrogens with one attached hydrogen (secondary N) is 3. The van der Waals surface area contributed by atoms with Gasteiger partial charge in [-0.1, -0.05) is 0 Å². The van der Waals surface area contributed by atoms with Crippen molar-refractivity contribution in [3.63, 3.8) is 0 Å². The summed E-state index contributed by atoms with van der Waals surface area (Å²) in [5, 5.41) is 16.9. The quantitative estimate of drug-likeness (QED) is 0.580. The van der Waals surface area contributed by atoms with Crippen LogP contribution in [0.15, 0.2) is 12.1 Å². The van der Waals surface area contributed by atoms with E-state index in [0.29, 0.717) is 48.5 Å². The smallest absolute Gasteiger partial charge is 0.407 e. The van der Waals surface area contributed by atoms with Crippen molar-refractivity contribution in [3.05, 3.63) is 29.2 Å². The zero-order valence-corrected chi connectivity index (χ0v) is 17.9. The van der Waals surface area contributed by atoms with Gasteiger partial charge in [-0.2, -0.15) is 10.2 Å². The Morgan fingerprint density at radius 3 is 2.94 bits per heavy atom. The van der Waals surface area contributed by atoms with E-state index in [4.69, 9.17) is 14.2 Å². The van der Waals surface area contributed by atoms with Gasteiger partial charge in [-0.15, -0.1) is 0 Å². The first-order chi connectivity index (χ1) is 14.9. The van der Waals surface area contributed by atoms with Gasteiger partial charge in [0.2, 0.25) is 0 Å². The van der Waals surface area contributed by atoms with Gasteiger partial charge in [-0.05, 0) is 31.7 Å². The molecule has 0 aromatic carbocycles. The Labute approximate surface area is 179 Å². The van der Waals surface area contributed by atoms with Crippen molar-refractivity contribution in [1.29, 1.82) is 0 Å². The van der Waals surface area contributed by atoms with Crippen LogP contribution in [0.4, 0.5) is 10.6 Å². The number of carbonyl (C=O) groups is 2. The van der Waals surface area contributed by atoms with Crippen LogP contribution in [0.5, 0.6) is 0 Å². The third kappa shape index (κ3) is 5.23. The van der Waals surface area contributed by atoms with E-state index in [9.17, 15) is 9.59 Å². The first kappa shape index (κ1) is 21.3. The minimum absolute atomic E-state index is 0.134. The average Bonchev–Trinajstić information content (AvgIpc) is 3.11. The van der Waals surface area contributed by atoms with E-state index in [-0.39, 0.29) is 24.2 Å². The van der Waals surface area contributed by atoms with Crippen LogP contribution in [-0.4, -0.2) is 57.8 Å². The normalized spacial score (nSPS) is 21.6. The Morgan fingerprint density at radius 1 is 1.39 bits per heavy atom. The molecule has 0 bridgehead atoms. The summed E-state index contributed by atoms with van der Waals surface area (Å²) in [7, 11) is 3.26. The molecule has 3 heterocycles. The molecule has 0 spiro atoms. The molecule has 0 radical (unpaired) electrons. The summed E-state index contributed by atoms with van der Waals surface area (Å²) >= 11 is 0. The van der Waals surface area contributed by atoms with Crippen molar-refractivity contribution in [2.75, 3.05) is 19.0 Å². The molecule has 1 saturated carbocycles. The molecule has 1 aliphatic heterocycles. The van der Waals surface area contributed by atoms with Gasteiger partial charge in [0, 0.05) is 32.7 Å². The number of anilines is 1. The fraction of sp³-hybridized carbons (Fsp3) is 0.600. The van der Waals surface area contributed by atoms with Crippen molar-refractivity contribution >= 4 is 17.8 Å². The van der Waals surface area contributed by atoms with E-state index in [2.05, 4.69) is 25.9 Å². The number of amides is 2. The van der Waals surface area contributed by atoms with Gasteiger partial charge in [0.1, 0.15) is 17.9 Å². The summed E-state index contributed by atoms with van der Waals surface area (Å²) < 4.78 is 17.8. The first-order valence-electron chi connectivity index (χ1n) is 10.4. The van der Waals surface area contributed by atoms with Crippen molar-refractivity contribution in [1.82, 2.24) is 25.3 Å². The predicted octanol–water partition coefficient (Wildman–Crippen LogP) is 1.90. The lowest BCUT2D eigenvalue weighted by Crippen LogP contribution is -2.36. The van der Waals surface area contributed by atoms with E-state index in [1.807, 2.05) is 6.92 Å². The number of alkyl carbamates (subject to hydrolysis) is 1. The number of methoxy groups -OCH3 is 1. The van der Waals surface area contributed by atoms with Crippen molar-refractivity contribution in [2.24, 2.45) is 13.0 Å². The highest BCUT2D eigenvalue weighted by atomic mass is 16.6. The molecule has 2 aromatic rings. The molecule has 1 saturated heterocycles. The standard InChI is InChI=1S/C20H28N6O5/c1-11(12-4-5-12)21-20(28)31-14-7-17(30-10-14)15-8-18(24-23-15)22-19(27)16-6-13(9-29-3)25-26(16)2/h6,8,11-12,14,17H,4-5,7,9-10H2,1-3H3,(H,21,28)(H2,22,23,24,27)/t11-,14?,17?/m1/s1. The zero-order valence-electron chi connectivity index (χ0n) is 17.9. The number of aryl methyl sites for hydroxylation is 1. The van der Waals surface area contributed by atoms with Crippen LogP contribution >= 0.6 is 0 Å². The maximum Gasteiger partial charge on any atom is 0.407 e. The topological polar surface area (TPSA) is 132 Å². The molecule has 2 aromatic heterocycles. The highest BCUT2D eigenvalue weighted by Crippen LogP contribution is 2.33. The molecule has 2 unspecified atom stereocenters. The second kappa shape index (κ2) is 9.06. The molecular weight excluding hydrogens is 404 g/mol. The molecule has 3 N–H and O–H groups in total. The monoisotopic (exact) mass is 432 g/mol. The van der Waals surface area contributed by atoms with E-state index in [1.54, 1.807) is 26.3 Å². The summed E-state index contributed by atoms with van der Waals surface area (Å²) in [5.41, 5.74) is 1.77. The van der Waals surface area contributed by atoms with Gasteiger partial charge < -0.3 is 24.8 Å². The molecular formula is C20H28N6O5. The fourth-order valence-corrected chi connectivity index (χ4v) is 3.69. The maximum atomic E-state index is 12.5. The average molecular weight is 432 g/mol. The van der Waals surface area contributed by atoms with Crippen molar-refractivity contribution < 1.29 is 23.8 Å². The van der Waals surface area contributed by atoms with Crippen LogP contribution < -0.4 is 10.6 Å². The van der Waals surface area contributed by atoms with Crippen LogP contribution in [0, 0.1) is 5.92 Å². The largest absolute Gasteiger partial charge is 0.444 e. The Morgan fingerprint density at radius 2 is 2.19 bits per heavy atom. The summed E-state index contributed by atoms with van der Waals surface area (Å²) in [4.78, 5) is 24.6. The lowest BCUT2D eigenvalue weighted by Gasteiger charge is -2.15. The predicted molar refractivity (Wildman–Crippen MR) is 109 cm³/mol. The zero-order chi connectivity index (χ0) is 22.0. The highest BCUT2D eigenvalue weighted by Gasteiger charge is 2.33. The minimum atomic E-state index is -0.407. The van der Waals surface area contributed by atoms with Gasteiger partial charge in [0.05, 0.1) is 24.6 Å². The van der Waals surface area contributed by atoms with E-state index in [0.717, 1.165) is 12.8 Å². The summed E-state index contributed by atoms with van der Waals surface area (Å²) in [5.74, 6) is 0.612. The van der Waals surface area contributed by atoms with Crippen LogP contribution in [-0.2, 0) is 27.9 Å². The number of nitrogens with zero attached hydrogens (tertiary/aromatic N) is 3. The highest BCUT2D eigenvalue weighted by molar-refractivity contribution is 6.02. The molecule has 11 heteroatoms. The summed E-state index contributed by atoms with van der Waals surface area (Å²) in [6.07, 6.45) is 1.81. The van der Waals surface area contributed by atoms with Crippen LogP contribution in [0.25, 0.3) is 0 Å². The molecule has 31 heavy (non-hydrogen) atoms. The van der Waals surface area contributed by atoms with Gasteiger partial charge in [0.15, 0.2) is 5.82 Å². The van der Waals surface area contributed by atoms with Gasteiger partial charge in [-0.3, -0.25) is 14.6 Å². The van der Waals surface area contributed by atoms with Crippen LogP contribution in [0.1, 0.15) is 54.2 Å². The molecule has 168 valence electrons. The third-order valence-corrected chi connectivity index (χ3v) is 5.55. The summed E-state index contributed by atoms with van der Waals surface area (Å²) in [6, 6.07) is 3.52. The molecule has 2 aliphatic rings. The summed E-state index contributed by atoms with van der Waals surface area (Å²) in [6.45, 7) is 2.64. The van der Waals surface area contributed by atoms with Crippen LogP contribution in [0.2, 0.25) is 0 Å². The van der Waals surface area contributed by atoms with Crippen LogP contribution in [0.3, 0.4) is 0 Å². The first-order valence-corrected chi connectivity index (χ1v) is 10.4. The van der Waals surface area contributed by atoms with Crippen molar-refractivity contribution in [2.45, 2.75) is 51.0 Å². The fourth-order valence-electron chi connectivity index (χ4n) is 3.69. The third-order valence-electron chi connectivity index (χ3n) is 5.55. The van der Waals surface area contributed by atoms with Gasteiger partial charge >= 0.3 is 6.09 Å². The number of aromatic nitrogens is 4. The second-order valence-electron chi connectivity index (χ2n) is 8.10. The number of aromatic amines is 1. The Kier molecular flexibility index (Phi) is 6.23. The Balaban J connectivity index is 1.28. The lowest BCUT2D eigenvalue weighted by atomic mass is 10.1. The number of hydrogen-bond acceptors (Lipinski definition) is 7. The molecule has 3 atom stereocenters. The van der Waals surface area contributed by atoms with Crippen molar-refractivity contribution in [3.8, 4) is 0 Å². The second-order valence-corrected chi connectivity index (χ2v) is 8.10. The van der Waals surface area contributed by atoms with E-state index in [1.165, 1.54) is 4.68 Å². The van der Waals surface area contributed by atoms with E-state index >= 15 is 0 Å².